The molecule has 0 bridgehead atoms. The minimum absolute atomic E-state index is 0.298. The topological polar surface area (TPSA) is 43.6 Å². The second kappa shape index (κ2) is 8.57. The van der Waals surface area contributed by atoms with Gasteiger partial charge in [-0.2, -0.15) is 0 Å². The Morgan fingerprint density at radius 3 is 2.46 bits per heavy atom. The maximum atomic E-state index is 11.8. The summed E-state index contributed by atoms with van der Waals surface area (Å²) in [4.78, 5) is 16.5. The predicted molar refractivity (Wildman–Crippen MR) is 117 cm³/mol. The van der Waals surface area contributed by atoms with Crippen molar-refractivity contribution in [2.45, 2.75) is 27.7 Å². The van der Waals surface area contributed by atoms with E-state index in [0.29, 0.717) is 12.2 Å². The van der Waals surface area contributed by atoms with E-state index in [2.05, 4.69) is 51.5 Å². The quantitative estimate of drug-likeness (QED) is 0.357. The van der Waals surface area contributed by atoms with E-state index >= 15 is 0 Å². The molecule has 2 aromatic carbocycles. The second-order valence-electron chi connectivity index (χ2n) is 6.62. The van der Waals surface area contributed by atoms with Crippen molar-refractivity contribution in [3.8, 4) is 5.69 Å². The molecule has 0 saturated heterocycles. The molecule has 3 rings (SSSR count). The van der Waals surface area contributed by atoms with Crippen LogP contribution in [0.1, 0.15) is 39.8 Å². The number of esters is 1. The van der Waals surface area contributed by atoms with Crippen molar-refractivity contribution in [1.29, 1.82) is 0 Å². The smallest absolute Gasteiger partial charge is 0.338 e. The zero-order valence-electron chi connectivity index (χ0n) is 16.5. The molecule has 1 heterocycles. The molecule has 1 aromatic heterocycles. The first-order valence-electron chi connectivity index (χ1n) is 9.17. The van der Waals surface area contributed by atoms with Crippen LogP contribution in [0.3, 0.4) is 0 Å². The molecule has 0 aliphatic rings. The maximum absolute atomic E-state index is 11.8. The summed E-state index contributed by atoms with van der Waals surface area (Å²) in [6.45, 7) is 8.36. The van der Waals surface area contributed by atoms with E-state index in [1.807, 2.05) is 37.4 Å². The van der Waals surface area contributed by atoms with Crippen molar-refractivity contribution in [2.75, 3.05) is 6.61 Å². The van der Waals surface area contributed by atoms with E-state index in [1.54, 1.807) is 19.1 Å². The summed E-state index contributed by atoms with van der Waals surface area (Å²) in [5.41, 5.74) is 6.90. The Morgan fingerprint density at radius 1 is 1.11 bits per heavy atom. The molecule has 0 atom stereocenters. The number of ether oxygens (including phenoxy) is 1. The fourth-order valence-electron chi connectivity index (χ4n) is 3.18. The number of carbonyl (C=O) groups excluding carboxylic acids is 1. The van der Waals surface area contributed by atoms with Crippen LogP contribution < -0.4 is 0 Å². The first-order valence-corrected chi connectivity index (χ1v) is 9.96. The van der Waals surface area contributed by atoms with Gasteiger partial charge in [0, 0.05) is 33.3 Å². The number of aliphatic imine (C=N–C) groups is 1. The maximum Gasteiger partial charge on any atom is 0.338 e. The van der Waals surface area contributed by atoms with Gasteiger partial charge in [0.05, 0.1) is 17.9 Å². The van der Waals surface area contributed by atoms with Crippen molar-refractivity contribution in [3.63, 3.8) is 0 Å². The van der Waals surface area contributed by atoms with Crippen molar-refractivity contribution < 1.29 is 9.53 Å². The third-order valence-electron chi connectivity index (χ3n) is 4.61. The molecular weight excluding hydrogens is 416 g/mol. The number of hydrogen-bond acceptors (Lipinski definition) is 3. The van der Waals surface area contributed by atoms with Gasteiger partial charge in [0.1, 0.15) is 0 Å². The highest BCUT2D eigenvalue weighted by Crippen LogP contribution is 2.24. The van der Waals surface area contributed by atoms with Gasteiger partial charge < -0.3 is 9.30 Å². The minimum atomic E-state index is -0.298. The summed E-state index contributed by atoms with van der Waals surface area (Å²) >= 11 is 3.48. The molecule has 5 heteroatoms. The molecule has 0 aliphatic carbocycles. The van der Waals surface area contributed by atoms with Crippen molar-refractivity contribution in [2.24, 2.45) is 4.99 Å². The number of nitrogens with zero attached hydrogens (tertiary/aromatic N) is 2. The highest BCUT2D eigenvalue weighted by Gasteiger charge is 2.11. The van der Waals surface area contributed by atoms with E-state index in [4.69, 9.17) is 4.74 Å². The lowest BCUT2D eigenvalue weighted by molar-refractivity contribution is 0.0526. The Kier molecular flexibility index (Phi) is 6.15. The van der Waals surface area contributed by atoms with Crippen molar-refractivity contribution >= 4 is 33.8 Å². The molecule has 0 spiro atoms. The zero-order valence-corrected chi connectivity index (χ0v) is 18.1. The third kappa shape index (κ3) is 4.25. The Morgan fingerprint density at radius 2 is 1.82 bits per heavy atom. The third-order valence-corrected chi connectivity index (χ3v) is 5.10. The number of halogens is 1. The summed E-state index contributed by atoms with van der Waals surface area (Å²) in [5, 5.41) is 0. The first-order chi connectivity index (χ1) is 13.4. The lowest BCUT2D eigenvalue weighted by Gasteiger charge is -2.10. The molecule has 4 nitrogen and oxygen atoms in total. The standard InChI is InChI=1S/C23H23BrN2O2/c1-5-28-23(27)18-6-9-21(10-7-18)26-16(3)13-19(17(26)4)14-25-22-11-8-20(24)12-15(22)2/h6-14H,5H2,1-4H3. The Hall–Kier alpha value is -2.66. The fourth-order valence-corrected chi connectivity index (χ4v) is 3.66. The lowest BCUT2D eigenvalue weighted by atomic mass is 10.2. The van der Waals surface area contributed by atoms with Gasteiger partial charge in [-0.25, -0.2) is 4.79 Å². The van der Waals surface area contributed by atoms with E-state index < -0.39 is 0 Å². The largest absolute Gasteiger partial charge is 0.462 e. The first kappa shape index (κ1) is 20.1. The van der Waals surface area contributed by atoms with Crippen LogP contribution in [0, 0.1) is 20.8 Å². The number of aromatic nitrogens is 1. The van der Waals surface area contributed by atoms with Gasteiger partial charge in [-0.05, 0) is 81.8 Å². The molecule has 0 amide bonds. The normalized spacial score (nSPS) is 11.2. The minimum Gasteiger partial charge on any atom is -0.462 e. The molecule has 0 radical (unpaired) electrons. The molecule has 28 heavy (non-hydrogen) atoms. The van der Waals surface area contributed by atoms with Gasteiger partial charge in [0.2, 0.25) is 0 Å². The molecular formula is C23H23BrN2O2. The van der Waals surface area contributed by atoms with Gasteiger partial charge in [-0.3, -0.25) is 4.99 Å². The summed E-state index contributed by atoms with van der Waals surface area (Å²) in [6.07, 6.45) is 1.90. The fraction of sp³-hybridized carbons (Fsp3) is 0.217. The Balaban J connectivity index is 1.89. The van der Waals surface area contributed by atoms with E-state index in [1.165, 1.54) is 0 Å². The summed E-state index contributed by atoms with van der Waals surface area (Å²) in [6, 6.07) is 15.6. The van der Waals surface area contributed by atoms with Gasteiger partial charge in [-0.1, -0.05) is 15.9 Å². The van der Waals surface area contributed by atoms with Crippen molar-refractivity contribution in [3.05, 3.63) is 81.1 Å². The number of carbonyl (C=O) groups is 1. The molecule has 3 aromatic rings. The van der Waals surface area contributed by atoms with Crippen LogP contribution >= 0.6 is 15.9 Å². The lowest BCUT2D eigenvalue weighted by Crippen LogP contribution is -2.05. The van der Waals surface area contributed by atoms with Crippen LogP contribution in [0.15, 0.2) is 58.0 Å². The van der Waals surface area contributed by atoms with Crippen LogP contribution in [0.2, 0.25) is 0 Å². The zero-order chi connectivity index (χ0) is 20.3. The average molecular weight is 439 g/mol. The number of rotatable bonds is 5. The predicted octanol–water partition coefficient (Wildman–Crippen LogP) is 6.09. The highest BCUT2D eigenvalue weighted by atomic mass is 79.9. The van der Waals surface area contributed by atoms with E-state index in [9.17, 15) is 4.79 Å². The average Bonchev–Trinajstić information content (AvgIpc) is 2.95. The molecule has 144 valence electrons. The monoisotopic (exact) mass is 438 g/mol. The summed E-state index contributed by atoms with van der Waals surface area (Å²) in [7, 11) is 0. The van der Waals surface area contributed by atoms with E-state index in [0.717, 1.165) is 38.4 Å². The van der Waals surface area contributed by atoms with Crippen LogP contribution in [0.5, 0.6) is 0 Å². The molecule has 0 aliphatic heterocycles. The van der Waals surface area contributed by atoms with E-state index in [-0.39, 0.29) is 5.97 Å². The van der Waals surface area contributed by atoms with Gasteiger partial charge in [0.15, 0.2) is 0 Å². The summed E-state index contributed by atoms with van der Waals surface area (Å²) in [5.74, 6) is -0.298. The second-order valence-corrected chi connectivity index (χ2v) is 7.53. The molecule has 0 N–H and O–H groups in total. The van der Waals surface area contributed by atoms with Crippen LogP contribution in [0.25, 0.3) is 5.69 Å². The number of benzene rings is 2. The number of hydrogen-bond donors (Lipinski definition) is 0. The summed E-state index contributed by atoms with van der Waals surface area (Å²) < 4.78 is 8.26. The SMILES string of the molecule is CCOC(=O)c1ccc(-n2c(C)cc(C=Nc3ccc(Br)cc3C)c2C)cc1. The van der Waals surface area contributed by atoms with Crippen LogP contribution in [0.4, 0.5) is 5.69 Å². The van der Waals surface area contributed by atoms with Gasteiger partial charge in [-0.15, -0.1) is 0 Å². The van der Waals surface area contributed by atoms with Gasteiger partial charge >= 0.3 is 5.97 Å². The molecule has 0 saturated carbocycles. The Labute approximate surface area is 174 Å². The van der Waals surface area contributed by atoms with Crippen molar-refractivity contribution in [1.82, 2.24) is 4.57 Å². The Bertz CT molecular complexity index is 1030. The molecule has 0 unspecified atom stereocenters. The molecule has 0 fully saturated rings. The highest BCUT2D eigenvalue weighted by molar-refractivity contribution is 9.10. The number of aryl methyl sites for hydroxylation is 2. The van der Waals surface area contributed by atoms with Crippen LogP contribution in [-0.4, -0.2) is 23.4 Å². The van der Waals surface area contributed by atoms with Crippen LogP contribution in [-0.2, 0) is 4.74 Å². The van der Waals surface area contributed by atoms with Gasteiger partial charge in [0.25, 0.3) is 0 Å².